The fraction of sp³-hybridized carbons (Fsp3) is 0.929. The third kappa shape index (κ3) is 4.89. The summed E-state index contributed by atoms with van der Waals surface area (Å²) in [5.74, 6) is 2.06. The van der Waals surface area contributed by atoms with E-state index in [1.807, 2.05) is 0 Å². The summed E-state index contributed by atoms with van der Waals surface area (Å²) in [5.41, 5.74) is 0. The largest absolute Gasteiger partial charge is 0.299 e. The van der Waals surface area contributed by atoms with Crippen molar-refractivity contribution in [2.45, 2.75) is 69.2 Å². The smallest absolute Gasteiger partial charge is 0.0963 e. The van der Waals surface area contributed by atoms with Gasteiger partial charge in [0.05, 0.1) is 12.1 Å². The van der Waals surface area contributed by atoms with E-state index in [-0.39, 0.29) is 6.04 Å². The van der Waals surface area contributed by atoms with Crippen molar-refractivity contribution in [3.8, 4) is 6.07 Å². The van der Waals surface area contributed by atoms with Crippen LogP contribution < -0.4 is 5.32 Å². The van der Waals surface area contributed by atoms with Crippen molar-refractivity contribution in [2.24, 2.45) is 5.92 Å². The second-order valence-corrected chi connectivity index (χ2v) is 7.08. The molecule has 0 spiro atoms. The minimum atomic E-state index is 0.0935. The molecule has 96 valence electrons. The molecule has 2 rings (SSSR count). The van der Waals surface area contributed by atoms with E-state index in [0.717, 1.165) is 23.3 Å². The van der Waals surface area contributed by atoms with Crippen LogP contribution in [0.3, 0.4) is 0 Å². The van der Waals surface area contributed by atoms with Gasteiger partial charge in [-0.25, -0.2) is 0 Å². The summed E-state index contributed by atoms with van der Waals surface area (Å²) in [7, 11) is 0. The first kappa shape index (κ1) is 13.2. The number of hydrogen-bond donors (Lipinski definition) is 1. The van der Waals surface area contributed by atoms with Gasteiger partial charge in [0.1, 0.15) is 0 Å². The summed E-state index contributed by atoms with van der Waals surface area (Å²) in [6, 6.07) is 3.14. The topological polar surface area (TPSA) is 35.8 Å². The molecule has 0 radical (unpaired) electrons. The lowest BCUT2D eigenvalue weighted by atomic mass is 9.91. The first-order valence-electron chi connectivity index (χ1n) is 7.05. The normalized spacial score (nSPS) is 30.8. The van der Waals surface area contributed by atoms with Crippen LogP contribution >= 0.6 is 11.8 Å². The van der Waals surface area contributed by atoms with E-state index in [1.165, 1.54) is 38.5 Å². The minimum absolute atomic E-state index is 0.0935. The molecule has 0 aromatic carbocycles. The zero-order chi connectivity index (χ0) is 12.1. The fourth-order valence-corrected chi connectivity index (χ4v) is 4.11. The number of nitrogens with zero attached hydrogens (tertiary/aromatic N) is 1. The number of nitrogens with one attached hydrogen (secondary N) is 1. The van der Waals surface area contributed by atoms with Crippen LogP contribution in [0, 0.1) is 17.2 Å². The van der Waals surface area contributed by atoms with Gasteiger partial charge in [0.25, 0.3) is 0 Å². The Labute approximate surface area is 110 Å². The lowest BCUT2D eigenvalue weighted by Gasteiger charge is -2.26. The Kier molecular flexibility index (Phi) is 5.18. The first-order chi connectivity index (χ1) is 8.28. The molecule has 0 aromatic rings. The predicted octanol–water partition coefficient (Wildman–Crippen LogP) is 3.33. The van der Waals surface area contributed by atoms with Gasteiger partial charge in [-0.2, -0.15) is 17.0 Å². The van der Waals surface area contributed by atoms with Crippen LogP contribution in [0.5, 0.6) is 0 Å². The molecular formula is C14H24N2S. The Balaban J connectivity index is 1.59. The molecule has 0 heterocycles. The van der Waals surface area contributed by atoms with Crippen LogP contribution in [-0.4, -0.2) is 23.1 Å². The fourth-order valence-electron chi connectivity index (χ4n) is 2.60. The Hall–Kier alpha value is -0.200. The second kappa shape index (κ2) is 6.66. The Morgan fingerprint density at radius 2 is 2.18 bits per heavy atom. The van der Waals surface area contributed by atoms with Crippen LogP contribution in [-0.2, 0) is 0 Å². The molecular weight excluding hydrogens is 228 g/mol. The van der Waals surface area contributed by atoms with Crippen molar-refractivity contribution in [3.05, 3.63) is 0 Å². The van der Waals surface area contributed by atoms with E-state index in [2.05, 4.69) is 30.1 Å². The quantitative estimate of drug-likeness (QED) is 0.787. The maximum Gasteiger partial charge on any atom is 0.0963 e. The highest BCUT2D eigenvalue weighted by atomic mass is 32.2. The maximum absolute atomic E-state index is 9.06. The summed E-state index contributed by atoms with van der Waals surface area (Å²) in [4.78, 5) is 0. The molecule has 0 aliphatic heterocycles. The Morgan fingerprint density at radius 3 is 2.82 bits per heavy atom. The van der Waals surface area contributed by atoms with Gasteiger partial charge in [0.15, 0.2) is 0 Å². The molecule has 2 saturated carbocycles. The summed E-state index contributed by atoms with van der Waals surface area (Å²) in [5, 5.41) is 13.3. The number of thioether (sulfide) groups is 1. The van der Waals surface area contributed by atoms with E-state index >= 15 is 0 Å². The van der Waals surface area contributed by atoms with Gasteiger partial charge < -0.3 is 0 Å². The third-order valence-corrected chi connectivity index (χ3v) is 5.19. The highest BCUT2D eigenvalue weighted by Crippen LogP contribution is 2.32. The Morgan fingerprint density at radius 1 is 1.35 bits per heavy atom. The summed E-state index contributed by atoms with van der Waals surface area (Å²) in [6.45, 7) is 2.37. The minimum Gasteiger partial charge on any atom is -0.299 e. The van der Waals surface area contributed by atoms with E-state index in [0.29, 0.717) is 6.04 Å². The highest BCUT2D eigenvalue weighted by molar-refractivity contribution is 7.99. The lowest BCUT2D eigenvalue weighted by Crippen LogP contribution is -2.30. The van der Waals surface area contributed by atoms with Crippen molar-refractivity contribution >= 4 is 11.8 Å². The first-order valence-corrected chi connectivity index (χ1v) is 8.10. The average molecular weight is 252 g/mol. The SMILES string of the molecule is CC1CCCC(SCCC(C#N)NC2CC2)C1. The van der Waals surface area contributed by atoms with E-state index in [9.17, 15) is 0 Å². The highest BCUT2D eigenvalue weighted by Gasteiger charge is 2.24. The molecule has 0 amide bonds. The lowest BCUT2D eigenvalue weighted by molar-refractivity contribution is 0.394. The van der Waals surface area contributed by atoms with Gasteiger partial charge in [-0.05, 0) is 43.8 Å². The van der Waals surface area contributed by atoms with Gasteiger partial charge >= 0.3 is 0 Å². The zero-order valence-corrected chi connectivity index (χ0v) is 11.6. The van der Waals surface area contributed by atoms with Crippen LogP contribution in [0.15, 0.2) is 0 Å². The average Bonchev–Trinajstić information content (AvgIpc) is 3.12. The van der Waals surface area contributed by atoms with Crippen LogP contribution in [0.4, 0.5) is 0 Å². The third-order valence-electron chi connectivity index (χ3n) is 3.82. The zero-order valence-electron chi connectivity index (χ0n) is 10.8. The second-order valence-electron chi connectivity index (χ2n) is 5.68. The van der Waals surface area contributed by atoms with Crippen molar-refractivity contribution in [1.29, 1.82) is 5.26 Å². The molecule has 0 bridgehead atoms. The molecule has 0 saturated heterocycles. The molecule has 3 atom stereocenters. The van der Waals surface area contributed by atoms with Crippen LogP contribution in [0.1, 0.15) is 51.9 Å². The van der Waals surface area contributed by atoms with Crippen LogP contribution in [0.25, 0.3) is 0 Å². The maximum atomic E-state index is 9.06. The summed E-state index contributed by atoms with van der Waals surface area (Å²) < 4.78 is 0. The summed E-state index contributed by atoms with van der Waals surface area (Å²) >= 11 is 2.10. The van der Waals surface area contributed by atoms with Crippen molar-refractivity contribution in [3.63, 3.8) is 0 Å². The van der Waals surface area contributed by atoms with Crippen LogP contribution in [0.2, 0.25) is 0 Å². The molecule has 2 fully saturated rings. The molecule has 3 unspecified atom stereocenters. The van der Waals surface area contributed by atoms with E-state index in [1.54, 1.807) is 0 Å². The summed E-state index contributed by atoms with van der Waals surface area (Å²) in [6.07, 6.45) is 9.15. The van der Waals surface area contributed by atoms with Gasteiger partial charge in [-0.15, -0.1) is 0 Å². The van der Waals surface area contributed by atoms with Crippen molar-refractivity contribution in [2.75, 3.05) is 5.75 Å². The van der Waals surface area contributed by atoms with E-state index < -0.39 is 0 Å². The number of hydrogen-bond acceptors (Lipinski definition) is 3. The van der Waals surface area contributed by atoms with Crippen molar-refractivity contribution < 1.29 is 0 Å². The van der Waals surface area contributed by atoms with Crippen molar-refractivity contribution in [1.82, 2.24) is 5.32 Å². The van der Waals surface area contributed by atoms with Gasteiger partial charge in [0, 0.05) is 11.3 Å². The molecule has 1 N–H and O–H groups in total. The molecule has 2 aliphatic carbocycles. The van der Waals surface area contributed by atoms with Gasteiger partial charge in [-0.1, -0.05) is 19.8 Å². The number of nitriles is 1. The van der Waals surface area contributed by atoms with E-state index in [4.69, 9.17) is 5.26 Å². The molecule has 2 aliphatic rings. The molecule has 2 nitrogen and oxygen atoms in total. The van der Waals surface area contributed by atoms with Gasteiger partial charge in [0.2, 0.25) is 0 Å². The molecule has 0 aromatic heterocycles. The van der Waals surface area contributed by atoms with Gasteiger partial charge in [-0.3, -0.25) is 5.32 Å². The predicted molar refractivity (Wildman–Crippen MR) is 74.1 cm³/mol. The molecule has 17 heavy (non-hydrogen) atoms. The monoisotopic (exact) mass is 252 g/mol. The Bertz CT molecular complexity index is 270. The molecule has 3 heteroatoms. The number of rotatable bonds is 6. The standard InChI is InChI=1S/C14H24N2S/c1-11-3-2-4-14(9-11)17-8-7-13(10-15)16-12-5-6-12/h11-14,16H,2-9H2,1H3.